The van der Waals surface area contributed by atoms with Gasteiger partial charge in [-0.15, -0.1) is 0 Å². The minimum Gasteiger partial charge on any atom is -0.486 e. The van der Waals surface area contributed by atoms with E-state index in [0.29, 0.717) is 18.0 Å². The Morgan fingerprint density at radius 3 is 2.47 bits per heavy atom. The van der Waals surface area contributed by atoms with Crippen LogP contribution in [0.1, 0.15) is 52.4 Å². The number of carbonyl (C=O) groups is 1. The van der Waals surface area contributed by atoms with E-state index in [9.17, 15) is 4.79 Å². The van der Waals surface area contributed by atoms with E-state index in [-0.39, 0.29) is 23.7 Å². The van der Waals surface area contributed by atoms with E-state index < -0.39 is 0 Å². The molecule has 6 nitrogen and oxygen atoms in total. The standard InChI is InChI=1S/C32H31N3O3/c1-23-8-7-9-24(18-23)20-35-21-27(19-33-35)34-31(36)30-17-16-29(38-30)22-37-28-14-12-26(13-15-28)32(2,3)25-10-5-4-6-11-25/h4-19,21H,20,22H2,1-3H3,(H,34,36). The fourth-order valence-electron chi connectivity index (χ4n) is 4.43. The number of nitrogens with one attached hydrogen (secondary N) is 1. The molecule has 0 radical (unpaired) electrons. The van der Waals surface area contributed by atoms with Gasteiger partial charge in [-0.2, -0.15) is 5.10 Å². The van der Waals surface area contributed by atoms with Gasteiger partial charge in [0, 0.05) is 11.6 Å². The van der Waals surface area contributed by atoms with Crippen LogP contribution in [-0.4, -0.2) is 15.7 Å². The molecule has 3 aromatic carbocycles. The summed E-state index contributed by atoms with van der Waals surface area (Å²) in [5, 5.41) is 7.19. The molecule has 192 valence electrons. The molecule has 2 aromatic heterocycles. The summed E-state index contributed by atoms with van der Waals surface area (Å²) in [4.78, 5) is 12.7. The molecule has 0 aliphatic heterocycles. The van der Waals surface area contributed by atoms with Crippen molar-refractivity contribution in [1.82, 2.24) is 9.78 Å². The van der Waals surface area contributed by atoms with E-state index in [1.165, 1.54) is 16.7 Å². The van der Waals surface area contributed by atoms with Crippen LogP contribution in [0.5, 0.6) is 5.75 Å². The number of anilines is 1. The van der Waals surface area contributed by atoms with Crippen molar-refractivity contribution in [1.29, 1.82) is 0 Å². The van der Waals surface area contributed by atoms with Crippen LogP contribution in [0.15, 0.2) is 108 Å². The summed E-state index contributed by atoms with van der Waals surface area (Å²) in [7, 11) is 0. The predicted molar refractivity (Wildman–Crippen MR) is 149 cm³/mol. The molecule has 6 heteroatoms. The van der Waals surface area contributed by atoms with Crippen molar-refractivity contribution < 1.29 is 13.9 Å². The van der Waals surface area contributed by atoms with Crippen LogP contribution < -0.4 is 10.1 Å². The second-order valence-corrected chi connectivity index (χ2v) is 9.94. The molecule has 0 bridgehead atoms. The first-order chi connectivity index (χ1) is 18.4. The van der Waals surface area contributed by atoms with E-state index in [0.717, 1.165) is 11.3 Å². The molecule has 2 heterocycles. The second kappa shape index (κ2) is 10.8. The van der Waals surface area contributed by atoms with Gasteiger partial charge >= 0.3 is 0 Å². The molecular formula is C32H31N3O3. The van der Waals surface area contributed by atoms with Gasteiger partial charge in [-0.05, 0) is 47.9 Å². The number of ether oxygens (including phenoxy) is 1. The maximum absolute atomic E-state index is 12.7. The van der Waals surface area contributed by atoms with Crippen LogP contribution in [0.3, 0.4) is 0 Å². The van der Waals surface area contributed by atoms with Crippen LogP contribution in [0, 0.1) is 6.92 Å². The van der Waals surface area contributed by atoms with Crippen molar-refractivity contribution in [3.05, 3.63) is 137 Å². The van der Waals surface area contributed by atoms with Crippen LogP contribution in [-0.2, 0) is 18.6 Å². The van der Waals surface area contributed by atoms with Gasteiger partial charge in [0.1, 0.15) is 18.1 Å². The number of aromatic nitrogens is 2. The second-order valence-electron chi connectivity index (χ2n) is 9.94. The van der Waals surface area contributed by atoms with Gasteiger partial charge in [0.15, 0.2) is 5.76 Å². The van der Waals surface area contributed by atoms with Gasteiger partial charge in [-0.3, -0.25) is 9.48 Å². The number of aryl methyl sites for hydroxylation is 1. The molecule has 5 aromatic rings. The maximum atomic E-state index is 12.7. The molecule has 1 N–H and O–H groups in total. The predicted octanol–water partition coefficient (Wildman–Crippen LogP) is 6.99. The SMILES string of the molecule is Cc1cccc(Cn2cc(NC(=O)c3ccc(COc4ccc(C(C)(C)c5ccccc5)cc4)o3)cn2)c1. The first-order valence-electron chi connectivity index (χ1n) is 12.6. The lowest BCUT2D eigenvalue weighted by Gasteiger charge is -2.26. The summed E-state index contributed by atoms with van der Waals surface area (Å²) in [5.74, 6) is 1.19. The van der Waals surface area contributed by atoms with Gasteiger partial charge in [-0.1, -0.05) is 86.1 Å². The van der Waals surface area contributed by atoms with Crippen molar-refractivity contribution in [3.8, 4) is 5.75 Å². The number of rotatable bonds is 9. The normalized spacial score (nSPS) is 11.3. The largest absolute Gasteiger partial charge is 0.486 e. The highest BCUT2D eigenvalue weighted by Crippen LogP contribution is 2.32. The zero-order valence-corrected chi connectivity index (χ0v) is 21.8. The fourth-order valence-corrected chi connectivity index (χ4v) is 4.43. The number of hydrogen-bond acceptors (Lipinski definition) is 4. The van der Waals surface area contributed by atoms with E-state index in [1.807, 2.05) is 24.3 Å². The quantitative estimate of drug-likeness (QED) is 0.234. The van der Waals surface area contributed by atoms with Crippen molar-refractivity contribution in [2.75, 3.05) is 5.32 Å². The Kier molecular flexibility index (Phi) is 7.13. The number of hydrogen-bond donors (Lipinski definition) is 1. The van der Waals surface area contributed by atoms with Crippen LogP contribution in [0.4, 0.5) is 5.69 Å². The molecule has 0 unspecified atom stereocenters. The van der Waals surface area contributed by atoms with Crippen LogP contribution in [0.25, 0.3) is 0 Å². The summed E-state index contributed by atoms with van der Waals surface area (Å²) >= 11 is 0. The van der Waals surface area contributed by atoms with E-state index >= 15 is 0 Å². The average molecular weight is 506 g/mol. The summed E-state index contributed by atoms with van der Waals surface area (Å²) in [5.41, 5.74) is 5.31. The molecular weight excluding hydrogens is 474 g/mol. The lowest BCUT2D eigenvalue weighted by atomic mass is 9.78. The Morgan fingerprint density at radius 2 is 1.71 bits per heavy atom. The van der Waals surface area contributed by atoms with Crippen molar-refractivity contribution >= 4 is 11.6 Å². The third-order valence-electron chi connectivity index (χ3n) is 6.66. The van der Waals surface area contributed by atoms with Crippen LogP contribution in [0.2, 0.25) is 0 Å². The molecule has 0 saturated carbocycles. The maximum Gasteiger partial charge on any atom is 0.291 e. The first kappa shape index (κ1) is 25.1. The Labute approximate surface area is 222 Å². The van der Waals surface area contributed by atoms with E-state index in [4.69, 9.17) is 9.15 Å². The minimum atomic E-state index is -0.334. The highest BCUT2D eigenvalue weighted by Gasteiger charge is 2.22. The Hall–Kier alpha value is -4.58. The zero-order valence-electron chi connectivity index (χ0n) is 21.8. The fraction of sp³-hybridized carbons (Fsp3) is 0.188. The number of amides is 1. The third kappa shape index (κ3) is 5.86. The van der Waals surface area contributed by atoms with Gasteiger partial charge in [0.2, 0.25) is 0 Å². The highest BCUT2D eigenvalue weighted by atomic mass is 16.5. The van der Waals surface area contributed by atoms with E-state index in [2.05, 4.69) is 85.8 Å². The third-order valence-corrected chi connectivity index (χ3v) is 6.66. The van der Waals surface area contributed by atoms with Crippen LogP contribution >= 0.6 is 0 Å². The van der Waals surface area contributed by atoms with Gasteiger partial charge in [-0.25, -0.2) is 0 Å². The summed E-state index contributed by atoms with van der Waals surface area (Å²) in [6.07, 6.45) is 3.43. The number of carbonyl (C=O) groups excluding carboxylic acids is 1. The first-order valence-corrected chi connectivity index (χ1v) is 12.6. The molecule has 0 atom stereocenters. The molecule has 0 fully saturated rings. The highest BCUT2D eigenvalue weighted by molar-refractivity contribution is 6.02. The number of benzene rings is 3. The Bertz CT molecular complexity index is 1520. The van der Waals surface area contributed by atoms with Gasteiger partial charge < -0.3 is 14.5 Å². The number of furan rings is 1. The Morgan fingerprint density at radius 1 is 0.947 bits per heavy atom. The zero-order chi connectivity index (χ0) is 26.5. The molecule has 38 heavy (non-hydrogen) atoms. The lowest BCUT2D eigenvalue weighted by molar-refractivity contribution is 0.0992. The molecule has 0 aliphatic carbocycles. The summed E-state index contributed by atoms with van der Waals surface area (Å²) in [6, 6.07) is 30.2. The van der Waals surface area contributed by atoms with Crippen molar-refractivity contribution in [2.45, 2.75) is 39.3 Å². The summed E-state index contributed by atoms with van der Waals surface area (Å²) < 4.78 is 13.4. The molecule has 1 amide bonds. The van der Waals surface area contributed by atoms with Crippen molar-refractivity contribution in [2.24, 2.45) is 0 Å². The molecule has 0 saturated heterocycles. The monoisotopic (exact) mass is 505 g/mol. The van der Waals surface area contributed by atoms with Crippen molar-refractivity contribution in [3.63, 3.8) is 0 Å². The van der Waals surface area contributed by atoms with Gasteiger partial charge in [0.25, 0.3) is 5.91 Å². The topological polar surface area (TPSA) is 69.3 Å². The van der Waals surface area contributed by atoms with E-state index in [1.54, 1.807) is 29.2 Å². The molecule has 0 aliphatic rings. The number of nitrogens with zero attached hydrogens (tertiary/aromatic N) is 2. The summed E-state index contributed by atoms with van der Waals surface area (Å²) in [6.45, 7) is 7.34. The Balaban J connectivity index is 1.15. The lowest BCUT2D eigenvalue weighted by Crippen LogP contribution is -2.18. The van der Waals surface area contributed by atoms with Gasteiger partial charge in [0.05, 0.1) is 18.4 Å². The minimum absolute atomic E-state index is 0.111. The average Bonchev–Trinajstić information content (AvgIpc) is 3.58. The molecule has 0 spiro atoms. The smallest absolute Gasteiger partial charge is 0.291 e. The molecule has 5 rings (SSSR count).